The van der Waals surface area contributed by atoms with E-state index in [1.165, 1.54) is 18.4 Å². The minimum Gasteiger partial charge on any atom is -0.364 e. The molecule has 4 nitrogen and oxygen atoms in total. The number of likely N-dealkylation sites (tertiary alicyclic amines) is 1. The van der Waals surface area contributed by atoms with Crippen molar-refractivity contribution in [1.29, 1.82) is 0 Å². The summed E-state index contributed by atoms with van der Waals surface area (Å²) in [5.41, 5.74) is 3.52. The van der Waals surface area contributed by atoms with Crippen molar-refractivity contribution < 1.29 is 4.79 Å². The standard InChI is InChI=1S/C22H27N3O/c26-22(12-15-23-13-6-7-14-23)25-17-16-24(18-19-8-2-1-3-9-19)20-10-4-5-11-21(20)25/h1-5,8-11H,6-7,12-18H2. The predicted octanol–water partition coefficient (Wildman–Crippen LogP) is 3.53. The Morgan fingerprint density at radius 3 is 2.27 bits per heavy atom. The zero-order chi connectivity index (χ0) is 17.8. The highest BCUT2D eigenvalue weighted by atomic mass is 16.2. The summed E-state index contributed by atoms with van der Waals surface area (Å²) >= 11 is 0. The van der Waals surface area contributed by atoms with Crippen molar-refractivity contribution >= 4 is 17.3 Å². The first-order chi connectivity index (χ1) is 12.8. The Hall–Kier alpha value is -2.33. The van der Waals surface area contributed by atoms with Crippen LogP contribution in [-0.2, 0) is 11.3 Å². The molecule has 0 bridgehead atoms. The number of nitrogens with zero attached hydrogens (tertiary/aromatic N) is 3. The molecular weight excluding hydrogens is 322 g/mol. The minimum atomic E-state index is 0.253. The molecule has 2 aliphatic rings. The van der Waals surface area contributed by atoms with Crippen LogP contribution in [0.3, 0.4) is 0 Å². The van der Waals surface area contributed by atoms with Gasteiger partial charge in [0.25, 0.3) is 0 Å². The van der Waals surface area contributed by atoms with Crippen LogP contribution in [-0.4, -0.2) is 43.5 Å². The molecule has 26 heavy (non-hydrogen) atoms. The third kappa shape index (κ3) is 3.75. The number of anilines is 2. The number of benzene rings is 2. The van der Waals surface area contributed by atoms with E-state index in [9.17, 15) is 4.79 Å². The van der Waals surface area contributed by atoms with Crippen LogP contribution in [0.5, 0.6) is 0 Å². The van der Waals surface area contributed by atoms with Gasteiger partial charge in [0.15, 0.2) is 0 Å². The fourth-order valence-electron chi connectivity index (χ4n) is 4.04. The highest BCUT2D eigenvalue weighted by molar-refractivity contribution is 5.98. The Morgan fingerprint density at radius 1 is 0.808 bits per heavy atom. The van der Waals surface area contributed by atoms with Gasteiger partial charge >= 0.3 is 0 Å². The van der Waals surface area contributed by atoms with Crippen LogP contribution in [0.15, 0.2) is 54.6 Å². The maximum Gasteiger partial charge on any atom is 0.228 e. The number of para-hydroxylation sites is 2. The van der Waals surface area contributed by atoms with E-state index < -0.39 is 0 Å². The molecule has 0 aromatic heterocycles. The first-order valence-corrected chi connectivity index (χ1v) is 9.72. The number of fused-ring (bicyclic) bond motifs is 1. The molecule has 0 unspecified atom stereocenters. The number of carbonyl (C=O) groups is 1. The molecule has 2 aliphatic heterocycles. The van der Waals surface area contributed by atoms with Crippen molar-refractivity contribution in [3.63, 3.8) is 0 Å². The Labute approximate surface area is 156 Å². The van der Waals surface area contributed by atoms with E-state index in [4.69, 9.17) is 0 Å². The van der Waals surface area contributed by atoms with Gasteiger partial charge in [0.05, 0.1) is 11.4 Å². The smallest absolute Gasteiger partial charge is 0.228 e. The van der Waals surface area contributed by atoms with Crippen LogP contribution in [0, 0.1) is 0 Å². The minimum absolute atomic E-state index is 0.253. The van der Waals surface area contributed by atoms with Gasteiger partial charge in [0.1, 0.15) is 0 Å². The topological polar surface area (TPSA) is 26.8 Å². The van der Waals surface area contributed by atoms with Gasteiger partial charge in [0.2, 0.25) is 5.91 Å². The second-order valence-electron chi connectivity index (χ2n) is 7.24. The highest BCUT2D eigenvalue weighted by Gasteiger charge is 2.26. The molecule has 0 saturated carbocycles. The molecule has 0 aliphatic carbocycles. The molecule has 4 rings (SSSR count). The predicted molar refractivity (Wildman–Crippen MR) is 107 cm³/mol. The summed E-state index contributed by atoms with van der Waals surface area (Å²) in [4.78, 5) is 19.7. The second kappa shape index (κ2) is 7.92. The largest absolute Gasteiger partial charge is 0.364 e. The van der Waals surface area contributed by atoms with Gasteiger partial charge in [-0.15, -0.1) is 0 Å². The van der Waals surface area contributed by atoms with E-state index in [1.54, 1.807) is 0 Å². The SMILES string of the molecule is O=C(CCN1CCCC1)N1CCN(Cc2ccccc2)c2ccccc21. The summed E-state index contributed by atoms with van der Waals surface area (Å²) in [6, 6.07) is 18.9. The van der Waals surface area contributed by atoms with Crippen LogP contribution in [0.1, 0.15) is 24.8 Å². The first-order valence-electron chi connectivity index (χ1n) is 9.72. The number of amides is 1. The lowest BCUT2D eigenvalue weighted by Crippen LogP contribution is -2.44. The van der Waals surface area contributed by atoms with Crippen LogP contribution >= 0.6 is 0 Å². The van der Waals surface area contributed by atoms with E-state index >= 15 is 0 Å². The normalized spacial score (nSPS) is 17.4. The summed E-state index contributed by atoms with van der Waals surface area (Å²) in [6.45, 7) is 5.71. The fourth-order valence-corrected chi connectivity index (χ4v) is 4.04. The molecule has 0 spiro atoms. The Bertz CT molecular complexity index is 740. The molecule has 0 N–H and O–H groups in total. The van der Waals surface area contributed by atoms with Crippen LogP contribution in [0.2, 0.25) is 0 Å². The average Bonchev–Trinajstić information content (AvgIpc) is 3.21. The molecule has 1 fully saturated rings. The first kappa shape index (κ1) is 17.1. The number of hydrogen-bond donors (Lipinski definition) is 0. The zero-order valence-corrected chi connectivity index (χ0v) is 15.3. The van der Waals surface area contributed by atoms with E-state index in [2.05, 4.69) is 58.3 Å². The maximum atomic E-state index is 12.9. The summed E-state index contributed by atoms with van der Waals surface area (Å²) in [5.74, 6) is 0.253. The number of rotatable bonds is 5. The van der Waals surface area contributed by atoms with Gasteiger partial charge in [-0.25, -0.2) is 0 Å². The second-order valence-corrected chi connectivity index (χ2v) is 7.24. The zero-order valence-electron chi connectivity index (χ0n) is 15.3. The molecule has 0 atom stereocenters. The summed E-state index contributed by atoms with van der Waals surface area (Å²) in [5, 5.41) is 0. The highest BCUT2D eigenvalue weighted by Crippen LogP contribution is 2.34. The summed E-state index contributed by atoms with van der Waals surface area (Å²) in [7, 11) is 0. The van der Waals surface area contributed by atoms with Crippen molar-refractivity contribution in [3.05, 3.63) is 60.2 Å². The molecular formula is C22H27N3O. The van der Waals surface area contributed by atoms with Crippen molar-refractivity contribution in [2.75, 3.05) is 42.5 Å². The third-order valence-corrected chi connectivity index (χ3v) is 5.46. The Balaban J connectivity index is 1.47. The molecule has 1 saturated heterocycles. The number of carbonyl (C=O) groups excluding carboxylic acids is 1. The van der Waals surface area contributed by atoms with Gasteiger partial charge in [0, 0.05) is 32.6 Å². The van der Waals surface area contributed by atoms with E-state index in [-0.39, 0.29) is 5.91 Å². The van der Waals surface area contributed by atoms with E-state index in [1.807, 2.05) is 11.0 Å². The Morgan fingerprint density at radius 2 is 1.50 bits per heavy atom. The summed E-state index contributed by atoms with van der Waals surface area (Å²) in [6.07, 6.45) is 3.16. The van der Waals surface area contributed by atoms with Gasteiger partial charge in [-0.2, -0.15) is 0 Å². The van der Waals surface area contributed by atoms with Gasteiger partial charge in [-0.1, -0.05) is 42.5 Å². The van der Waals surface area contributed by atoms with Crippen LogP contribution in [0.25, 0.3) is 0 Å². The van der Waals surface area contributed by atoms with Crippen LogP contribution < -0.4 is 9.80 Å². The average molecular weight is 349 g/mol. The van der Waals surface area contributed by atoms with E-state index in [0.29, 0.717) is 6.42 Å². The molecule has 1 amide bonds. The van der Waals surface area contributed by atoms with Crippen molar-refractivity contribution in [2.24, 2.45) is 0 Å². The molecule has 4 heteroatoms. The Kier molecular flexibility index (Phi) is 5.21. The van der Waals surface area contributed by atoms with Gasteiger partial charge in [-0.05, 0) is 43.6 Å². The van der Waals surface area contributed by atoms with Crippen molar-refractivity contribution in [3.8, 4) is 0 Å². The lowest BCUT2D eigenvalue weighted by atomic mass is 10.1. The molecule has 136 valence electrons. The van der Waals surface area contributed by atoms with Crippen molar-refractivity contribution in [2.45, 2.75) is 25.8 Å². The molecule has 2 aromatic rings. The fraction of sp³-hybridized carbons (Fsp3) is 0.409. The van der Waals surface area contributed by atoms with Gasteiger partial charge in [-0.3, -0.25) is 4.79 Å². The molecule has 2 aromatic carbocycles. The lowest BCUT2D eigenvalue weighted by Gasteiger charge is -2.38. The number of hydrogen-bond acceptors (Lipinski definition) is 3. The van der Waals surface area contributed by atoms with Gasteiger partial charge < -0.3 is 14.7 Å². The monoisotopic (exact) mass is 349 g/mol. The quantitative estimate of drug-likeness (QED) is 0.826. The third-order valence-electron chi connectivity index (χ3n) is 5.46. The van der Waals surface area contributed by atoms with E-state index in [0.717, 1.165) is 50.6 Å². The van der Waals surface area contributed by atoms with Crippen molar-refractivity contribution in [1.82, 2.24) is 4.90 Å². The molecule has 0 radical (unpaired) electrons. The van der Waals surface area contributed by atoms with Crippen LogP contribution in [0.4, 0.5) is 11.4 Å². The molecule has 2 heterocycles. The maximum absolute atomic E-state index is 12.9. The summed E-state index contributed by atoms with van der Waals surface area (Å²) < 4.78 is 0. The lowest BCUT2D eigenvalue weighted by molar-refractivity contribution is -0.118.